The molecule has 32 heavy (non-hydrogen) atoms. The number of likely N-dealkylation sites (N-methyl/N-ethyl adjacent to an activating group) is 1. The van der Waals surface area contributed by atoms with Gasteiger partial charge in [-0.25, -0.2) is 9.18 Å². The van der Waals surface area contributed by atoms with Gasteiger partial charge in [-0.05, 0) is 39.8 Å². The van der Waals surface area contributed by atoms with E-state index in [1.807, 2.05) is 0 Å². The molecule has 2 atom stereocenters. The van der Waals surface area contributed by atoms with Gasteiger partial charge in [0.05, 0.1) is 18.9 Å². The fraction of sp³-hybridized carbons (Fsp3) is 0.591. The minimum absolute atomic E-state index is 0.191. The minimum Gasteiger partial charge on any atom is -0.482 e. The minimum atomic E-state index is -1.12. The molecule has 2 aliphatic heterocycles. The zero-order chi connectivity index (χ0) is 23.7. The summed E-state index contributed by atoms with van der Waals surface area (Å²) in [4.78, 5) is 39.7. The third-order valence-corrected chi connectivity index (χ3v) is 5.57. The van der Waals surface area contributed by atoms with Gasteiger partial charge < -0.3 is 24.8 Å². The topological polar surface area (TPSA) is 106 Å². The first-order valence-electron chi connectivity index (χ1n) is 10.6. The number of benzene rings is 1. The van der Waals surface area contributed by atoms with Crippen molar-refractivity contribution in [1.29, 1.82) is 0 Å². The zero-order valence-corrected chi connectivity index (χ0v) is 19.0. The maximum atomic E-state index is 13.8. The highest BCUT2D eigenvalue weighted by Gasteiger charge is 2.50. The van der Waals surface area contributed by atoms with E-state index in [0.717, 1.165) is 4.90 Å². The summed E-state index contributed by atoms with van der Waals surface area (Å²) in [6.45, 7) is 7.36. The Morgan fingerprint density at radius 3 is 2.59 bits per heavy atom. The van der Waals surface area contributed by atoms with Crippen LogP contribution in [0.4, 0.5) is 14.9 Å². The van der Waals surface area contributed by atoms with E-state index in [4.69, 9.17) is 14.2 Å². The fourth-order valence-electron chi connectivity index (χ4n) is 3.64. The summed E-state index contributed by atoms with van der Waals surface area (Å²) < 4.78 is 30.8. The highest BCUT2D eigenvalue weighted by atomic mass is 19.1. The van der Waals surface area contributed by atoms with E-state index < -0.39 is 47.0 Å². The highest BCUT2D eigenvalue weighted by molar-refractivity contribution is 6.00. The molecule has 176 valence electrons. The Balaban J connectivity index is 1.84. The van der Waals surface area contributed by atoms with Crippen LogP contribution in [0.1, 0.15) is 40.5 Å². The molecule has 9 nitrogen and oxygen atoms in total. The smallest absolute Gasteiger partial charge is 0.410 e. The highest BCUT2D eigenvalue weighted by Crippen LogP contribution is 2.38. The van der Waals surface area contributed by atoms with Crippen LogP contribution in [0.2, 0.25) is 0 Å². The van der Waals surface area contributed by atoms with Crippen molar-refractivity contribution in [3.63, 3.8) is 0 Å². The third-order valence-electron chi connectivity index (χ3n) is 5.57. The van der Waals surface area contributed by atoms with E-state index in [0.29, 0.717) is 31.7 Å². The van der Waals surface area contributed by atoms with Crippen molar-refractivity contribution in [2.75, 3.05) is 25.6 Å². The van der Waals surface area contributed by atoms with Crippen LogP contribution in [0.15, 0.2) is 18.2 Å². The number of carbonyl (C=O) groups is 3. The maximum absolute atomic E-state index is 13.8. The molecule has 0 bridgehead atoms. The molecule has 1 aromatic carbocycles. The van der Waals surface area contributed by atoms with Crippen molar-refractivity contribution in [3.8, 4) is 5.75 Å². The molecular formula is C22H30FN3O6. The summed E-state index contributed by atoms with van der Waals surface area (Å²) in [6, 6.07) is 1.84. The number of hydrogen-bond donors (Lipinski definition) is 2. The van der Waals surface area contributed by atoms with E-state index in [1.54, 1.807) is 20.8 Å². The number of ether oxygens (including phenoxy) is 3. The Labute approximate surface area is 186 Å². The van der Waals surface area contributed by atoms with Gasteiger partial charge in [0.25, 0.3) is 5.91 Å². The lowest BCUT2D eigenvalue weighted by atomic mass is 9.85. The summed E-state index contributed by atoms with van der Waals surface area (Å²) >= 11 is 0. The summed E-state index contributed by atoms with van der Waals surface area (Å²) in [5.41, 5.74) is -1.52. The van der Waals surface area contributed by atoms with Gasteiger partial charge >= 0.3 is 6.09 Å². The van der Waals surface area contributed by atoms with Crippen LogP contribution in [0.3, 0.4) is 0 Å². The number of anilines is 1. The summed E-state index contributed by atoms with van der Waals surface area (Å²) in [6.07, 6.45) is -0.0275. The molecule has 10 heteroatoms. The van der Waals surface area contributed by atoms with Crippen molar-refractivity contribution < 1.29 is 33.0 Å². The van der Waals surface area contributed by atoms with Crippen molar-refractivity contribution in [3.05, 3.63) is 24.0 Å². The number of nitrogens with zero attached hydrogens (tertiary/aromatic N) is 1. The van der Waals surface area contributed by atoms with Gasteiger partial charge in [-0.15, -0.1) is 0 Å². The van der Waals surface area contributed by atoms with Crippen LogP contribution in [-0.4, -0.2) is 66.4 Å². The lowest BCUT2D eigenvalue weighted by Gasteiger charge is -2.41. The molecule has 2 N–H and O–H groups in total. The van der Waals surface area contributed by atoms with Crippen molar-refractivity contribution in [2.45, 2.75) is 63.8 Å². The third kappa shape index (κ3) is 5.12. The van der Waals surface area contributed by atoms with E-state index >= 15 is 0 Å². The van der Waals surface area contributed by atoms with E-state index in [1.165, 1.54) is 32.2 Å². The maximum Gasteiger partial charge on any atom is 0.410 e. The van der Waals surface area contributed by atoms with Crippen molar-refractivity contribution >= 4 is 23.6 Å². The van der Waals surface area contributed by atoms with E-state index in [2.05, 4.69) is 10.6 Å². The summed E-state index contributed by atoms with van der Waals surface area (Å²) in [5.74, 6) is -1.35. The molecule has 2 aliphatic rings. The Hall–Kier alpha value is -2.88. The average Bonchev–Trinajstić information content (AvgIpc) is 2.81. The molecule has 1 aromatic rings. The molecule has 2 heterocycles. The Bertz CT molecular complexity index is 894. The summed E-state index contributed by atoms with van der Waals surface area (Å²) in [7, 11) is 1.45. The molecule has 1 fully saturated rings. The number of fused-ring (bicyclic) bond motifs is 1. The van der Waals surface area contributed by atoms with Crippen LogP contribution < -0.4 is 15.4 Å². The number of rotatable bonds is 3. The fourth-order valence-corrected chi connectivity index (χ4v) is 3.64. The molecule has 0 radical (unpaired) electrons. The second kappa shape index (κ2) is 8.93. The number of amides is 3. The number of nitrogens with one attached hydrogen (secondary N) is 2. The molecule has 0 unspecified atom stereocenters. The van der Waals surface area contributed by atoms with E-state index in [9.17, 15) is 18.8 Å². The largest absolute Gasteiger partial charge is 0.482 e. The van der Waals surface area contributed by atoms with Crippen molar-refractivity contribution in [1.82, 2.24) is 10.2 Å². The zero-order valence-electron chi connectivity index (χ0n) is 19.0. The van der Waals surface area contributed by atoms with Crippen LogP contribution in [-0.2, 0) is 19.1 Å². The lowest BCUT2D eigenvalue weighted by Crippen LogP contribution is -2.64. The van der Waals surface area contributed by atoms with Gasteiger partial charge in [-0.3, -0.25) is 14.5 Å². The predicted molar refractivity (Wildman–Crippen MR) is 114 cm³/mol. The van der Waals surface area contributed by atoms with E-state index in [-0.39, 0.29) is 5.75 Å². The number of hydrogen-bond acceptors (Lipinski definition) is 6. The van der Waals surface area contributed by atoms with Gasteiger partial charge in [-0.1, -0.05) is 0 Å². The first kappa shape index (κ1) is 23.8. The molecular weight excluding hydrogens is 421 g/mol. The predicted octanol–water partition coefficient (Wildman–Crippen LogP) is 2.45. The first-order valence-corrected chi connectivity index (χ1v) is 10.6. The van der Waals surface area contributed by atoms with Gasteiger partial charge in [0, 0.05) is 26.0 Å². The van der Waals surface area contributed by atoms with Gasteiger partial charge in [0.15, 0.2) is 0 Å². The molecule has 1 saturated heterocycles. The SMILES string of the molecule is C[C@@H](C(=O)N[C@@H]1C(=O)Nc2ccc(F)cc2OC12CCOCC2)N(C)C(=O)OC(C)(C)C. The van der Waals surface area contributed by atoms with Crippen LogP contribution >= 0.6 is 0 Å². The van der Waals surface area contributed by atoms with Gasteiger partial charge in [0.1, 0.15) is 34.9 Å². The lowest BCUT2D eigenvalue weighted by molar-refractivity contribution is -0.138. The standard InChI is InChI=1S/C22H30FN3O6/c1-13(26(5)20(29)32-21(2,3)4)18(27)25-17-19(28)24-15-7-6-14(23)12-16(15)31-22(17)8-10-30-11-9-22/h6-7,12-13,17H,8-11H2,1-5H3,(H,24,28)(H,25,27)/t13-,17+/m0/s1. The van der Waals surface area contributed by atoms with Gasteiger partial charge in [0.2, 0.25) is 5.91 Å². The summed E-state index contributed by atoms with van der Waals surface area (Å²) in [5, 5.41) is 5.45. The van der Waals surface area contributed by atoms with Gasteiger partial charge in [-0.2, -0.15) is 0 Å². The Morgan fingerprint density at radius 1 is 1.31 bits per heavy atom. The Morgan fingerprint density at radius 2 is 1.97 bits per heavy atom. The monoisotopic (exact) mass is 451 g/mol. The first-order chi connectivity index (χ1) is 14.9. The van der Waals surface area contributed by atoms with Crippen LogP contribution in [0.5, 0.6) is 5.75 Å². The quantitative estimate of drug-likeness (QED) is 0.731. The average molecular weight is 451 g/mol. The number of halogens is 1. The molecule has 0 aromatic heterocycles. The molecule has 1 spiro atoms. The van der Waals surface area contributed by atoms with Crippen LogP contribution in [0, 0.1) is 5.82 Å². The van der Waals surface area contributed by atoms with Crippen molar-refractivity contribution in [2.24, 2.45) is 0 Å². The Kier molecular flexibility index (Phi) is 6.64. The molecule has 0 aliphatic carbocycles. The second-order valence-electron chi connectivity index (χ2n) is 9.12. The number of carbonyl (C=O) groups excluding carboxylic acids is 3. The normalized spacial score (nSPS) is 20.8. The second-order valence-corrected chi connectivity index (χ2v) is 9.12. The molecule has 0 saturated carbocycles. The van der Waals surface area contributed by atoms with Crippen LogP contribution in [0.25, 0.3) is 0 Å². The molecule has 3 rings (SSSR count). The molecule has 3 amide bonds.